The highest BCUT2D eigenvalue weighted by atomic mass is 32.2. The van der Waals surface area contributed by atoms with Crippen molar-refractivity contribution < 1.29 is 8.42 Å². The maximum Gasteiger partial charge on any atom is 0.243 e. The fourth-order valence-electron chi connectivity index (χ4n) is 4.65. The normalized spacial score (nSPS) is 15.3. The van der Waals surface area contributed by atoms with Crippen molar-refractivity contribution in [3.05, 3.63) is 74.3 Å². The summed E-state index contributed by atoms with van der Waals surface area (Å²) in [5.74, 6) is 0. The number of thiazole rings is 1. The van der Waals surface area contributed by atoms with E-state index in [9.17, 15) is 8.42 Å². The molecular weight excluding hydrogens is 450 g/mol. The van der Waals surface area contributed by atoms with Gasteiger partial charge in [0.1, 0.15) is 0 Å². The van der Waals surface area contributed by atoms with E-state index >= 15 is 0 Å². The highest BCUT2D eigenvalue weighted by molar-refractivity contribution is 7.89. The van der Waals surface area contributed by atoms with Crippen molar-refractivity contribution >= 4 is 26.5 Å². The number of rotatable bonds is 5. The van der Waals surface area contributed by atoms with Gasteiger partial charge in [0.2, 0.25) is 10.0 Å². The maximum atomic E-state index is 13.5. The second kappa shape index (κ2) is 9.20. The maximum absolute atomic E-state index is 13.5. The first-order valence-corrected chi connectivity index (χ1v) is 13.7. The number of anilines is 1. The Bertz CT molecular complexity index is 1240. The van der Waals surface area contributed by atoms with Gasteiger partial charge >= 0.3 is 0 Å². The molecular formula is C26H33N3O2S2. The average molecular weight is 484 g/mol. The predicted molar refractivity (Wildman–Crippen MR) is 137 cm³/mol. The first-order valence-electron chi connectivity index (χ1n) is 11.4. The molecule has 0 unspecified atom stereocenters. The van der Waals surface area contributed by atoms with E-state index in [2.05, 4.69) is 48.4 Å². The van der Waals surface area contributed by atoms with Gasteiger partial charge in [0.25, 0.3) is 0 Å². The Labute approximate surface area is 202 Å². The first-order chi connectivity index (χ1) is 15.6. The SMILES string of the molecule is Cc1cc(C)c(C)c(S(=O)(=O)N2CCN(c3nc(Cc4c(C)cccc4C)cs3)CC2)c1C. The van der Waals surface area contributed by atoms with E-state index in [1.54, 1.807) is 15.6 Å². The Morgan fingerprint density at radius 1 is 0.879 bits per heavy atom. The third-order valence-corrected chi connectivity index (χ3v) is 10.1. The van der Waals surface area contributed by atoms with Crippen LogP contribution in [0.5, 0.6) is 0 Å². The zero-order valence-electron chi connectivity index (χ0n) is 20.4. The Balaban J connectivity index is 1.48. The lowest BCUT2D eigenvalue weighted by molar-refractivity contribution is 0.384. The molecule has 33 heavy (non-hydrogen) atoms. The summed E-state index contributed by atoms with van der Waals surface area (Å²) in [5, 5.41) is 3.11. The van der Waals surface area contributed by atoms with Crippen molar-refractivity contribution in [3.63, 3.8) is 0 Å². The van der Waals surface area contributed by atoms with Crippen LogP contribution in [0, 0.1) is 41.5 Å². The van der Waals surface area contributed by atoms with Gasteiger partial charge in [0.05, 0.1) is 10.6 Å². The second-order valence-corrected chi connectivity index (χ2v) is 11.9. The van der Waals surface area contributed by atoms with E-state index in [1.807, 2.05) is 27.7 Å². The molecule has 1 saturated heterocycles. The van der Waals surface area contributed by atoms with E-state index in [-0.39, 0.29) is 0 Å². The molecule has 1 aliphatic heterocycles. The molecule has 0 N–H and O–H groups in total. The molecule has 0 atom stereocenters. The Morgan fingerprint density at radius 2 is 1.45 bits per heavy atom. The minimum Gasteiger partial charge on any atom is -0.345 e. The molecule has 7 heteroatoms. The minimum atomic E-state index is -3.53. The fraction of sp³-hybridized carbons (Fsp3) is 0.423. The molecule has 2 aromatic carbocycles. The van der Waals surface area contributed by atoms with E-state index in [4.69, 9.17) is 4.98 Å². The first kappa shape index (κ1) is 23.9. The van der Waals surface area contributed by atoms with Gasteiger partial charge < -0.3 is 4.90 Å². The van der Waals surface area contributed by atoms with Crippen molar-refractivity contribution in [1.82, 2.24) is 9.29 Å². The smallest absolute Gasteiger partial charge is 0.243 e. The Kier molecular flexibility index (Phi) is 6.67. The van der Waals surface area contributed by atoms with Crippen LogP contribution < -0.4 is 4.90 Å². The fourth-order valence-corrected chi connectivity index (χ4v) is 7.53. The summed E-state index contributed by atoms with van der Waals surface area (Å²) in [6.07, 6.45) is 0.828. The van der Waals surface area contributed by atoms with Crippen LogP contribution in [0.1, 0.15) is 44.6 Å². The molecule has 0 radical (unpaired) electrons. The monoisotopic (exact) mass is 483 g/mol. The van der Waals surface area contributed by atoms with Crippen molar-refractivity contribution in [3.8, 4) is 0 Å². The summed E-state index contributed by atoms with van der Waals surface area (Å²) in [7, 11) is -3.53. The van der Waals surface area contributed by atoms with Crippen LogP contribution in [0.15, 0.2) is 34.5 Å². The summed E-state index contributed by atoms with van der Waals surface area (Å²) < 4.78 is 28.7. The lowest BCUT2D eigenvalue weighted by Gasteiger charge is -2.34. The van der Waals surface area contributed by atoms with Crippen LogP contribution in [-0.4, -0.2) is 43.9 Å². The van der Waals surface area contributed by atoms with Crippen LogP contribution in [0.2, 0.25) is 0 Å². The Morgan fingerprint density at radius 3 is 2.03 bits per heavy atom. The number of sulfonamides is 1. The lowest BCUT2D eigenvalue weighted by atomic mass is 9.99. The lowest BCUT2D eigenvalue weighted by Crippen LogP contribution is -2.49. The van der Waals surface area contributed by atoms with Crippen molar-refractivity contribution in [2.45, 2.75) is 52.9 Å². The van der Waals surface area contributed by atoms with Gasteiger partial charge in [-0.05, 0) is 80.5 Å². The summed E-state index contributed by atoms with van der Waals surface area (Å²) in [6.45, 7) is 14.3. The second-order valence-electron chi connectivity index (χ2n) is 9.15. The van der Waals surface area contributed by atoms with Gasteiger partial charge in [0.15, 0.2) is 5.13 Å². The quantitative estimate of drug-likeness (QED) is 0.507. The molecule has 4 rings (SSSR count). The van der Waals surface area contributed by atoms with Gasteiger partial charge in [0, 0.05) is 38.0 Å². The zero-order chi connectivity index (χ0) is 23.9. The van der Waals surface area contributed by atoms with Gasteiger partial charge in [-0.1, -0.05) is 24.3 Å². The van der Waals surface area contributed by atoms with Crippen LogP contribution in [0.4, 0.5) is 5.13 Å². The highest BCUT2D eigenvalue weighted by Gasteiger charge is 2.32. The number of piperazine rings is 1. The van der Waals surface area contributed by atoms with Crippen molar-refractivity contribution in [2.24, 2.45) is 0 Å². The number of hydrogen-bond donors (Lipinski definition) is 0. The largest absolute Gasteiger partial charge is 0.345 e. The van der Waals surface area contributed by atoms with E-state index in [0.29, 0.717) is 31.1 Å². The molecule has 2 heterocycles. The van der Waals surface area contributed by atoms with E-state index in [0.717, 1.165) is 39.5 Å². The third kappa shape index (κ3) is 4.59. The van der Waals surface area contributed by atoms with Crippen molar-refractivity contribution in [2.75, 3.05) is 31.1 Å². The van der Waals surface area contributed by atoms with Gasteiger partial charge in [-0.15, -0.1) is 11.3 Å². The number of aromatic nitrogens is 1. The zero-order valence-corrected chi connectivity index (χ0v) is 22.0. The molecule has 0 spiro atoms. The Hall–Kier alpha value is -2.22. The summed E-state index contributed by atoms with van der Waals surface area (Å²) in [5.41, 5.74) is 8.76. The molecule has 1 aliphatic rings. The topological polar surface area (TPSA) is 53.5 Å². The van der Waals surface area contributed by atoms with Crippen LogP contribution in [0.25, 0.3) is 0 Å². The number of nitrogens with zero attached hydrogens (tertiary/aromatic N) is 3. The van der Waals surface area contributed by atoms with Gasteiger partial charge in [-0.2, -0.15) is 4.31 Å². The molecule has 0 aliphatic carbocycles. The van der Waals surface area contributed by atoms with Crippen LogP contribution in [-0.2, 0) is 16.4 Å². The molecule has 0 amide bonds. The van der Waals surface area contributed by atoms with Gasteiger partial charge in [-0.25, -0.2) is 13.4 Å². The molecule has 176 valence electrons. The van der Waals surface area contributed by atoms with Crippen molar-refractivity contribution in [1.29, 1.82) is 0 Å². The number of aryl methyl sites for hydroxylation is 4. The molecule has 5 nitrogen and oxygen atoms in total. The summed E-state index contributed by atoms with van der Waals surface area (Å²) >= 11 is 1.65. The van der Waals surface area contributed by atoms with Crippen LogP contribution in [0.3, 0.4) is 0 Å². The molecule has 1 fully saturated rings. The number of benzene rings is 2. The number of hydrogen-bond acceptors (Lipinski definition) is 5. The summed E-state index contributed by atoms with van der Waals surface area (Å²) in [4.78, 5) is 7.58. The van der Waals surface area contributed by atoms with Gasteiger partial charge in [-0.3, -0.25) is 0 Å². The molecule has 0 bridgehead atoms. The van der Waals surface area contributed by atoms with E-state index in [1.165, 1.54) is 16.7 Å². The molecule has 3 aromatic rings. The third-order valence-electron chi connectivity index (χ3n) is 6.95. The standard InChI is InChI=1S/C26H33N3O2S2/c1-17-8-7-9-18(2)24(17)15-23-16-32-26(27-23)28-10-12-29(13-11-28)33(30,31)25-21(5)19(3)14-20(4)22(25)6/h7-9,14,16H,10-13,15H2,1-6H3. The molecule has 1 aromatic heterocycles. The summed E-state index contributed by atoms with van der Waals surface area (Å²) in [6, 6.07) is 8.46. The van der Waals surface area contributed by atoms with Crippen LogP contribution >= 0.6 is 11.3 Å². The average Bonchev–Trinajstić information content (AvgIpc) is 3.24. The highest BCUT2D eigenvalue weighted by Crippen LogP contribution is 2.31. The molecule has 0 saturated carbocycles. The minimum absolute atomic E-state index is 0.472. The van der Waals surface area contributed by atoms with E-state index < -0.39 is 10.0 Å². The predicted octanol–water partition coefficient (Wildman–Crippen LogP) is 5.10.